The monoisotopic (exact) mass is 494 g/mol. The first-order valence-electron chi connectivity index (χ1n) is 10.8. The fraction of sp³-hybridized carbons (Fsp3) is 0.200. The Hall–Kier alpha value is -4.05. The van der Waals surface area contributed by atoms with Gasteiger partial charge in [0.1, 0.15) is 5.69 Å². The van der Waals surface area contributed by atoms with Crippen molar-refractivity contribution in [3.05, 3.63) is 82.8 Å². The van der Waals surface area contributed by atoms with Gasteiger partial charge in [0, 0.05) is 29.8 Å². The fourth-order valence-corrected chi connectivity index (χ4v) is 4.39. The zero-order valence-corrected chi connectivity index (χ0v) is 20.3. The number of nitrogens with one attached hydrogen (secondary N) is 2. The van der Waals surface area contributed by atoms with E-state index in [1.165, 1.54) is 16.4 Å². The van der Waals surface area contributed by atoms with Crippen LogP contribution >= 0.6 is 11.8 Å². The Morgan fingerprint density at radius 1 is 1.06 bits per heavy atom. The van der Waals surface area contributed by atoms with Crippen molar-refractivity contribution in [3.8, 4) is 5.69 Å². The van der Waals surface area contributed by atoms with Gasteiger partial charge in [-0.15, -0.1) is 11.8 Å². The van der Waals surface area contributed by atoms with E-state index in [-0.39, 0.29) is 17.2 Å². The van der Waals surface area contributed by atoms with Crippen LogP contribution in [0.1, 0.15) is 19.0 Å². The molecule has 2 aromatic carbocycles. The van der Waals surface area contributed by atoms with Crippen molar-refractivity contribution in [2.24, 2.45) is 7.05 Å². The molecule has 0 aliphatic heterocycles. The number of hydrogen-bond acceptors (Lipinski definition) is 5. The second-order valence-corrected chi connectivity index (χ2v) is 8.91. The second kappa shape index (κ2) is 11.4. The van der Waals surface area contributed by atoms with Crippen LogP contribution in [0.4, 0.5) is 11.4 Å². The van der Waals surface area contributed by atoms with Gasteiger partial charge >= 0.3 is 5.97 Å². The lowest BCUT2D eigenvalue weighted by Crippen LogP contribution is -2.28. The number of nitrogens with zero attached hydrogens (tertiary/aromatic N) is 2. The highest BCUT2D eigenvalue weighted by atomic mass is 32.2. The first-order chi connectivity index (χ1) is 16.7. The van der Waals surface area contributed by atoms with E-state index < -0.39 is 17.1 Å². The highest BCUT2D eigenvalue weighted by Gasteiger charge is 2.23. The predicted molar refractivity (Wildman–Crippen MR) is 136 cm³/mol. The minimum Gasteiger partial charge on any atom is -0.478 e. The molecule has 1 heterocycles. The molecular weight excluding hydrogens is 468 g/mol. The minimum atomic E-state index is -1.22. The summed E-state index contributed by atoms with van der Waals surface area (Å²) in [5.74, 6) is -2.10. The molecule has 9 nitrogen and oxygen atoms in total. The van der Waals surface area contributed by atoms with Crippen LogP contribution in [0.25, 0.3) is 5.69 Å². The number of aliphatic carboxylic acids is 1. The van der Waals surface area contributed by atoms with Gasteiger partial charge in [-0.05, 0) is 43.7 Å². The van der Waals surface area contributed by atoms with Gasteiger partial charge in [0.15, 0.2) is 0 Å². The molecule has 0 bridgehead atoms. The second-order valence-electron chi connectivity index (χ2n) is 7.63. The molecule has 0 saturated carbocycles. The standard InChI is InChI=1S/C25H26N4O5S/c1-4-20(35-19-12-8-9-17(15-19)26-21(30)13-14-22(31)32)24(33)27-23-16(2)28(3)29(25(23)34)18-10-6-5-7-11-18/h5-15,20H,4H2,1-3H3,(H,26,30)(H,27,33)(H,31,32)/b14-13+. The molecule has 0 aliphatic rings. The average Bonchev–Trinajstić information content (AvgIpc) is 3.04. The van der Waals surface area contributed by atoms with Crippen molar-refractivity contribution in [1.29, 1.82) is 0 Å². The summed E-state index contributed by atoms with van der Waals surface area (Å²) in [6.45, 7) is 3.65. The van der Waals surface area contributed by atoms with E-state index in [0.717, 1.165) is 17.0 Å². The van der Waals surface area contributed by atoms with Crippen LogP contribution in [0.2, 0.25) is 0 Å². The van der Waals surface area contributed by atoms with E-state index in [0.29, 0.717) is 23.5 Å². The molecular formula is C25H26N4O5S. The number of hydrogen-bond donors (Lipinski definition) is 3. The van der Waals surface area contributed by atoms with Gasteiger partial charge in [-0.25, -0.2) is 9.48 Å². The molecule has 0 radical (unpaired) electrons. The highest BCUT2D eigenvalue weighted by Crippen LogP contribution is 2.28. The molecule has 3 rings (SSSR count). The number of rotatable bonds is 9. The third-order valence-electron chi connectivity index (χ3n) is 5.22. The van der Waals surface area contributed by atoms with Gasteiger partial charge < -0.3 is 15.7 Å². The Bertz CT molecular complexity index is 1330. The summed E-state index contributed by atoms with van der Waals surface area (Å²) in [7, 11) is 1.76. The maximum absolute atomic E-state index is 13.1. The van der Waals surface area contributed by atoms with E-state index >= 15 is 0 Å². The fourth-order valence-electron chi connectivity index (χ4n) is 3.38. The van der Waals surface area contributed by atoms with E-state index in [9.17, 15) is 19.2 Å². The van der Waals surface area contributed by atoms with E-state index in [1.54, 1.807) is 42.9 Å². The summed E-state index contributed by atoms with van der Waals surface area (Å²) >= 11 is 1.30. The lowest BCUT2D eigenvalue weighted by molar-refractivity contribution is -0.131. The number of carboxylic acid groups (broad SMARTS) is 1. The zero-order chi connectivity index (χ0) is 25.5. The molecule has 1 aromatic heterocycles. The molecule has 1 unspecified atom stereocenters. The molecule has 35 heavy (non-hydrogen) atoms. The molecule has 10 heteroatoms. The number of carbonyl (C=O) groups excluding carboxylic acids is 2. The molecule has 182 valence electrons. The molecule has 1 atom stereocenters. The largest absolute Gasteiger partial charge is 0.478 e. The average molecular weight is 495 g/mol. The van der Waals surface area contributed by atoms with E-state index in [2.05, 4.69) is 10.6 Å². The predicted octanol–water partition coefficient (Wildman–Crippen LogP) is 3.57. The number of para-hydroxylation sites is 1. The normalized spacial score (nSPS) is 11.9. The van der Waals surface area contributed by atoms with Crippen LogP contribution in [0, 0.1) is 6.92 Å². The van der Waals surface area contributed by atoms with E-state index in [1.807, 2.05) is 37.3 Å². The van der Waals surface area contributed by atoms with Gasteiger partial charge in [-0.1, -0.05) is 31.2 Å². The first kappa shape index (κ1) is 25.6. The summed E-state index contributed by atoms with van der Waals surface area (Å²) in [5.41, 5.74) is 1.71. The summed E-state index contributed by atoms with van der Waals surface area (Å²) in [4.78, 5) is 49.3. The van der Waals surface area contributed by atoms with Crippen molar-refractivity contribution in [2.75, 3.05) is 10.6 Å². The Kier molecular flexibility index (Phi) is 8.32. The van der Waals surface area contributed by atoms with Crippen LogP contribution in [0.5, 0.6) is 0 Å². The smallest absolute Gasteiger partial charge is 0.328 e. The summed E-state index contributed by atoms with van der Waals surface area (Å²) in [6.07, 6.45) is 2.19. The summed E-state index contributed by atoms with van der Waals surface area (Å²) < 4.78 is 3.20. The molecule has 0 aliphatic carbocycles. The third-order valence-corrected chi connectivity index (χ3v) is 6.58. The Morgan fingerprint density at radius 2 is 1.77 bits per heavy atom. The van der Waals surface area contributed by atoms with Gasteiger partial charge in [0.2, 0.25) is 11.8 Å². The summed E-state index contributed by atoms with van der Waals surface area (Å²) in [5, 5.41) is 13.5. The quantitative estimate of drug-likeness (QED) is 0.309. The zero-order valence-electron chi connectivity index (χ0n) is 19.5. The van der Waals surface area contributed by atoms with Crippen LogP contribution in [-0.4, -0.2) is 37.5 Å². The van der Waals surface area contributed by atoms with Gasteiger partial charge in [0.25, 0.3) is 5.56 Å². The van der Waals surface area contributed by atoms with Crippen molar-refractivity contribution < 1.29 is 19.5 Å². The van der Waals surface area contributed by atoms with Crippen molar-refractivity contribution in [3.63, 3.8) is 0 Å². The maximum atomic E-state index is 13.1. The van der Waals surface area contributed by atoms with Crippen LogP contribution in [0.15, 0.2) is 76.4 Å². The Balaban J connectivity index is 1.76. The molecule has 3 N–H and O–H groups in total. The van der Waals surface area contributed by atoms with Crippen LogP contribution in [-0.2, 0) is 21.4 Å². The Labute approximate surface area is 206 Å². The lowest BCUT2D eigenvalue weighted by atomic mass is 10.3. The van der Waals surface area contributed by atoms with Crippen molar-refractivity contribution >= 4 is 40.9 Å². The first-order valence-corrected chi connectivity index (χ1v) is 11.7. The number of carbonyl (C=O) groups is 3. The van der Waals surface area contributed by atoms with E-state index in [4.69, 9.17) is 5.11 Å². The van der Waals surface area contributed by atoms with Gasteiger partial charge in [-0.2, -0.15) is 0 Å². The SMILES string of the molecule is CCC(Sc1cccc(NC(=O)/C=C/C(=O)O)c1)C(=O)Nc1c(C)n(C)n(-c2ccccc2)c1=O. The van der Waals surface area contributed by atoms with Crippen molar-refractivity contribution in [2.45, 2.75) is 30.4 Å². The number of amides is 2. The summed E-state index contributed by atoms with van der Waals surface area (Å²) in [6, 6.07) is 16.1. The Morgan fingerprint density at radius 3 is 2.43 bits per heavy atom. The number of aromatic nitrogens is 2. The molecule has 2 amide bonds. The van der Waals surface area contributed by atoms with Gasteiger partial charge in [-0.3, -0.25) is 19.1 Å². The maximum Gasteiger partial charge on any atom is 0.328 e. The number of anilines is 2. The molecule has 0 spiro atoms. The number of carboxylic acids is 1. The topological polar surface area (TPSA) is 122 Å². The van der Waals surface area contributed by atoms with Crippen LogP contribution in [0.3, 0.4) is 0 Å². The lowest BCUT2D eigenvalue weighted by Gasteiger charge is -2.15. The van der Waals surface area contributed by atoms with Gasteiger partial charge in [0.05, 0.1) is 16.6 Å². The minimum absolute atomic E-state index is 0.228. The molecule has 0 saturated heterocycles. The number of benzene rings is 2. The highest BCUT2D eigenvalue weighted by molar-refractivity contribution is 8.00. The van der Waals surface area contributed by atoms with Crippen molar-refractivity contribution in [1.82, 2.24) is 9.36 Å². The third kappa shape index (κ3) is 6.30. The van der Waals surface area contributed by atoms with Crippen LogP contribution < -0.4 is 16.2 Å². The molecule has 0 fully saturated rings. The molecule has 3 aromatic rings. The number of thioether (sulfide) groups is 1.